The molecule has 0 radical (unpaired) electrons. The van der Waals surface area contributed by atoms with Gasteiger partial charge in [0.25, 0.3) is 0 Å². The molecule has 0 saturated heterocycles. The third-order valence-corrected chi connectivity index (χ3v) is 8.39. The fourth-order valence-corrected chi connectivity index (χ4v) is 7.42. The van der Waals surface area contributed by atoms with E-state index in [1.807, 2.05) is 6.92 Å². The number of hydrogen-bond acceptors (Lipinski definition) is 1. The molecule has 0 spiro atoms. The molecule has 0 aliphatic heterocycles. The van der Waals surface area contributed by atoms with Crippen LogP contribution in [0.15, 0.2) is 54.6 Å². The van der Waals surface area contributed by atoms with Gasteiger partial charge in [-0.1, -0.05) is 47.9 Å². The molecule has 32 heavy (non-hydrogen) atoms. The summed E-state index contributed by atoms with van der Waals surface area (Å²) in [6.45, 7) is 4.52. The quantitative estimate of drug-likeness (QED) is 0.393. The number of benzene rings is 3. The molecule has 4 fully saturated rings. The van der Waals surface area contributed by atoms with E-state index in [4.69, 9.17) is 4.74 Å². The lowest BCUT2D eigenvalue weighted by atomic mass is 9.48. The molecular formula is C31H32O. The molecule has 3 aromatic rings. The molecule has 162 valence electrons. The third-order valence-electron chi connectivity index (χ3n) is 8.39. The first kappa shape index (κ1) is 19.9. The molecule has 4 saturated carbocycles. The first-order chi connectivity index (χ1) is 15.6. The smallest absolute Gasteiger partial charge is 0.149 e. The molecule has 0 N–H and O–H groups in total. The van der Waals surface area contributed by atoms with E-state index < -0.39 is 0 Å². The van der Waals surface area contributed by atoms with Gasteiger partial charge in [-0.05, 0) is 116 Å². The lowest BCUT2D eigenvalue weighted by molar-refractivity contribution is -0.00624. The Morgan fingerprint density at radius 2 is 1.44 bits per heavy atom. The van der Waals surface area contributed by atoms with Gasteiger partial charge in [0, 0.05) is 5.56 Å². The van der Waals surface area contributed by atoms with E-state index in [-0.39, 0.29) is 0 Å². The third kappa shape index (κ3) is 3.41. The SMILES string of the molecule is CC#CCOc1ccc(-c2ccc3cc(C)ccc3c2)cc1C12CC3CC(CC(C3)C1)C2. The molecule has 1 heteroatoms. The number of rotatable bonds is 4. The van der Waals surface area contributed by atoms with Crippen LogP contribution >= 0.6 is 0 Å². The van der Waals surface area contributed by atoms with E-state index in [2.05, 4.69) is 73.4 Å². The van der Waals surface area contributed by atoms with Crippen molar-refractivity contribution < 1.29 is 4.74 Å². The topological polar surface area (TPSA) is 9.23 Å². The molecule has 4 aliphatic rings. The van der Waals surface area contributed by atoms with Gasteiger partial charge in [0.15, 0.2) is 0 Å². The Morgan fingerprint density at radius 3 is 2.16 bits per heavy atom. The Balaban J connectivity index is 1.44. The Bertz CT molecular complexity index is 1200. The van der Waals surface area contributed by atoms with Gasteiger partial charge in [-0.3, -0.25) is 0 Å². The van der Waals surface area contributed by atoms with E-state index in [0.29, 0.717) is 12.0 Å². The Morgan fingerprint density at radius 1 is 0.812 bits per heavy atom. The summed E-state index contributed by atoms with van der Waals surface area (Å²) < 4.78 is 6.27. The van der Waals surface area contributed by atoms with Crippen molar-refractivity contribution in [3.63, 3.8) is 0 Å². The Kier molecular flexibility index (Phi) is 4.80. The first-order valence-electron chi connectivity index (χ1n) is 12.3. The molecule has 7 rings (SSSR count). The highest BCUT2D eigenvalue weighted by atomic mass is 16.5. The number of hydrogen-bond donors (Lipinski definition) is 0. The van der Waals surface area contributed by atoms with E-state index in [0.717, 1.165) is 23.5 Å². The van der Waals surface area contributed by atoms with E-state index in [9.17, 15) is 0 Å². The highest BCUT2D eigenvalue weighted by Gasteiger charge is 2.52. The molecule has 0 amide bonds. The normalized spacial score (nSPS) is 27.9. The minimum Gasteiger partial charge on any atom is -0.481 e. The zero-order valence-corrected chi connectivity index (χ0v) is 19.3. The second-order valence-electron chi connectivity index (χ2n) is 10.7. The van der Waals surface area contributed by atoms with Crippen LogP contribution in [0.2, 0.25) is 0 Å². The number of fused-ring (bicyclic) bond motifs is 1. The van der Waals surface area contributed by atoms with E-state index >= 15 is 0 Å². The van der Waals surface area contributed by atoms with Crippen molar-refractivity contribution in [3.05, 3.63) is 65.7 Å². The first-order valence-corrected chi connectivity index (χ1v) is 12.3. The summed E-state index contributed by atoms with van der Waals surface area (Å²) in [5.74, 6) is 9.88. The maximum Gasteiger partial charge on any atom is 0.149 e. The Hall–Kier alpha value is -2.72. The molecule has 0 atom stereocenters. The van der Waals surface area contributed by atoms with Crippen LogP contribution in [-0.4, -0.2) is 6.61 Å². The van der Waals surface area contributed by atoms with Crippen LogP contribution in [0.5, 0.6) is 5.75 Å². The summed E-state index contributed by atoms with van der Waals surface area (Å²) in [6, 6.07) is 20.5. The summed E-state index contributed by atoms with van der Waals surface area (Å²) in [5.41, 5.74) is 5.68. The second kappa shape index (κ2) is 7.70. The van der Waals surface area contributed by atoms with Crippen LogP contribution in [0.25, 0.3) is 21.9 Å². The molecule has 4 bridgehead atoms. The van der Waals surface area contributed by atoms with Gasteiger partial charge in [-0.2, -0.15) is 0 Å². The Labute approximate surface area is 192 Å². The number of aryl methyl sites for hydroxylation is 1. The van der Waals surface area contributed by atoms with E-state index in [1.54, 1.807) is 0 Å². The maximum atomic E-state index is 6.27. The van der Waals surface area contributed by atoms with Crippen molar-refractivity contribution in [1.82, 2.24) is 0 Å². The fraction of sp³-hybridized carbons (Fsp3) is 0.419. The van der Waals surface area contributed by atoms with Crippen molar-refractivity contribution in [2.45, 2.75) is 57.8 Å². The highest BCUT2D eigenvalue weighted by Crippen LogP contribution is 2.62. The van der Waals surface area contributed by atoms with Crippen LogP contribution in [0.3, 0.4) is 0 Å². The molecular weight excluding hydrogens is 388 g/mol. The van der Waals surface area contributed by atoms with Crippen molar-refractivity contribution in [2.24, 2.45) is 17.8 Å². The standard InChI is InChI=1S/C31H32O/c1-3-4-11-32-30-10-9-28(27-8-7-25-12-21(2)5-6-26(25)16-27)17-29(30)31-18-22-13-23(19-31)15-24(14-22)20-31/h5-10,12,16-17,22-24H,11,13-15,18-20H2,1-2H3. The molecule has 0 unspecified atom stereocenters. The summed E-state index contributed by atoms with van der Waals surface area (Å²) in [4.78, 5) is 0. The summed E-state index contributed by atoms with van der Waals surface area (Å²) in [6.07, 6.45) is 8.40. The largest absolute Gasteiger partial charge is 0.481 e. The maximum absolute atomic E-state index is 6.27. The lowest BCUT2D eigenvalue weighted by Crippen LogP contribution is -2.48. The van der Waals surface area contributed by atoms with Gasteiger partial charge in [0.1, 0.15) is 12.4 Å². The van der Waals surface area contributed by atoms with Crippen LogP contribution in [-0.2, 0) is 5.41 Å². The van der Waals surface area contributed by atoms with Crippen LogP contribution in [0.4, 0.5) is 0 Å². The summed E-state index contributed by atoms with van der Waals surface area (Å²) in [7, 11) is 0. The lowest BCUT2D eigenvalue weighted by Gasteiger charge is -2.57. The molecule has 0 heterocycles. The predicted molar refractivity (Wildman–Crippen MR) is 133 cm³/mol. The second-order valence-corrected chi connectivity index (χ2v) is 10.7. The van der Waals surface area contributed by atoms with Crippen LogP contribution in [0.1, 0.15) is 56.6 Å². The molecule has 3 aromatic carbocycles. The molecule has 1 nitrogen and oxygen atoms in total. The average molecular weight is 421 g/mol. The van der Waals surface area contributed by atoms with Crippen molar-refractivity contribution >= 4 is 10.8 Å². The zero-order chi connectivity index (χ0) is 21.7. The van der Waals surface area contributed by atoms with Crippen molar-refractivity contribution in [2.75, 3.05) is 6.61 Å². The minimum absolute atomic E-state index is 0.299. The van der Waals surface area contributed by atoms with Gasteiger partial charge < -0.3 is 4.74 Å². The van der Waals surface area contributed by atoms with Crippen molar-refractivity contribution in [3.8, 4) is 28.7 Å². The van der Waals surface area contributed by atoms with Gasteiger partial charge in [0.2, 0.25) is 0 Å². The average Bonchev–Trinajstić information content (AvgIpc) is 2.78. The van der Waals surface area contributed by atoms with Crippen molar-refractivity contribution in [1.29, 1.82) is 0 Å². The van der Waals surface area contributed by atoms with Gasteiger partial charge in [-0.15, -0.1) is 5.92 Å². The van der Waals surface area contributed by atoms with Crippen LogP contribution < -0.4 is 4.74 Å². The van der Waals surface area contributed by atoms with Gasteiger partial charge in [-0.25, -0.2) is 0 Å². The van der Waals surface area contributed by atoms with Gasteiger partial charge in [0.05, 0.1) is 0 Å². The zero-order valence-electron chi connectivity index (χ0n) is 19.3. The molecule has 4 aliphatic carbocycles. The summed E-state index contributed by atoms with van der Waals surface area (Å²) >= 11 is 0. The van der Waals surface area contributed by atoms with Crippen LogP contribution in [0, 0.1) is 36.5 Å². The minimum atomic E-state index is 0.299. The fourth-order valence-electron chi connectivity index (χ4n) is 7.42. The monoisotopic (exact) mass is 420 g/mol. The predicted octanol–water partition coefficient (Wildman–Crippen LogP) is 7.69. The van der Waals surface area contributed by atoms with E-state index in [1.165, 1.54) is 71.6 Å². The number of ether oxygens (including phenoxy) is 1. The van der Waals surface area contributed by atoms with Gasteiger partial charge >= 0.3 is 0 Å². The molecule has 0 aromatic heterocycles. The summed E-state index contributed by atoms with van der Waals surface area (Å²) in [5, 5.41) is 2.62. The highest BCUT2D eigenvalue weighted by molar-refractivity contribution is 5.88.